The number of nitrogens with one attached hydrogen (secondary N) is 1. The lowest BCUT2D eigenvalue weighted by atomic mass is 9.76. The summed E-state index contributed by atoms with van der Waals surface area (Å²) in [4.78, 5) is 20.2. The average molecular weight is 290 g/mol. The van der Waals surface area contributed by atoms with Gasteiger partial charge in [-0.25, -0.2) is 9.97 Å². The highest BCUT2D eigenvalue weighted by molar-refractivity contribution is 5.96. The van der Waals surface area contributed by atoms with Gasteiger partial charge >= 0.3 is 0 Å². The molecule has 21 heavy (non-hydrogen) atoms. The van der Waals surface area contributed by atoms with Crippen LogP contribution in [-0.2, 0) is 0 Å². The maximum absolute atomic E-state index is 12.2. The molecule has 2 rings (SSSR count). The second-order valence-electron chi connectivity index (χ2n) is 7.03. The van der Waals surface area contributed by atoms with Gasteiger partial charge in [0.25, 0.3) is 5.91 Å². The molecule has 0 saturated heterocycles. The Morgan fingerprint density at radius 3 is 2.57 bits per heavy atom. The van der Waals surface area contributed by atoms with Crippen LogP contribution in [0.2, 0.25) is 0 Å². The van der Waals surface area contributed by atoms with Gasteiger partial charge in [0.1, 0.15) is 0 Å². The highest BCUT2D eigenvalue weighted by Crippen LogP contribution is 2.36. The molecule has 0 aliphatic heterocycles. The molecule has 0 aromatic carbocycles. The Bertz CT molecular complexity index is 495. The quantitative estimate of drug-likeness (QED) is 0.821. The second-order valence-corrected chi connectivity index (χ2v) is 7.03. The van der Waals surface area contributed by atoms with E-state index in [0.717, 1.165) is 31.6 Å². The monoisotopic (exact) mass is 290 g/mol. The van der Waals surface area contributed by atoms with Crippen LogP contribution in [0.15, 0.2) is 12.4 Å². The van der Waals surface area contributed by atoms with Crippen LogP contribution >= 0.6 is 0 Å². The van der Waals surface area contributed by atoms with Crippen molar-refractivity contribution < 1.29 is 4.79 Å². The Balaban J connectivity index is 1.95. The molecule has 5 nitrogen and oxygen atoms in total. The number of carbonyl (C=O) groups is 1. The van der Waals surface area contributed by atoms with E-state index in [9.17, 15) is 4.79 Å². The first-order valence-electron chi connectivity index (χ1n) is 7.75. The van der Waals surface area contributed by atoms with E-state index in [-0.39, 0.29) is 23.5 Å². The number of aromatic nitrogens is 2. The molecule has 0 radical (unpaired) electrons. The Morgan fingerprint density at radius 2 is 1.90 bits per heavy atom. The van der Waals surface area contributed by atoms with Gasteiger partial charge in [0.2, 0.25) is 0 Å². The summed E-state index contributed by atoms with van der Waals surface area (Å²) >= 11 is 0. The van der Waals surface area contributed by atoms with Crippen molar-refractivity contribution in [3.05, 3.63) is 18.1 Å². The van der Waals surface area contributed by atoms with E-state index in [4.69, 9.17) is 5.73 Å². The lowest BCUT2D eigenvalue weighted by Crippen LogP contribution is -2.35. The Kier molecular flexibility index (Phi) is 4.80. The van der Waals surface area contributed by atoms with Crippen LogP contribution < -0.4 is 11.1 Å². The van der Waals surface area contributed by atoms with Gasteiger partial charge in [-0.1, -0.05) is 27.2 Å². The van der Waals surface area contributed by atoms with E-state index >= 15 is 0 Å². The topological polar surface area (TPSA) is 80.9 Å². The average Bonchev–Trinajstić information content (AvgIpc) is 2.64. The molecule has 1 aliphatic rings. The molecule has 116 valence electrons. The number of hydrogen-bond donors (Lipinski definition) is 2. The lowest BCUT2D eigenvalue weighted by Gasteiger charge is -2.29. The molecule has 1 aromatic heterocycles. The number of carbonyl (C=O) groups excluding carboxylic acids is 1. The molecule has 1 heterocycles. The molecule has 1 saturated carbocycles. The van der Waals surface area contributed by atoms with Gasteiger partial charge in [-0.3, -0.25) is 4.79 Å². The minimum absolute atomic E-state index is 0.191. The predicted molar refractivity (Wildman–Crippen MR) is 83.7 cm³/mol. The van der Waals surface area contributed by atoms with E-state index in [2.05, 4.69) is 36.1 Å². The normalized spacial score (nSPS) is 23.4. The molecule has 0 bridgehead atoms. The predicted octanol–water partition coefficient (Wildman–Crippen LogP) is 2.78. The fourth-order valence-electron chi connectivity index (χ4n) is 3.09. The first kappa shape index (κ1) is 15.7. The van der Waals surface area contributed by atoms with Crippen molar-refractivity contribution in [1.29, 1.82) is 0 Å². The zero-order valence-electron chi connectivity index (χ0n) is 13.2. The minimum Gasteiger partial charge on any atom is -0.382 e. The molecule has 0 unspecified atom stereocenters. The molecule has 2 atom stereocenters. The van der Waals surface area contributed by atoms with Crippen molar-refractivity contribution in [2.75, 3.05) is 5.73 Å². The Morgan fingerprint density at radius 1 is 1.19 bits per heavy atom. The summed E-state index contributed by atoms with van der Waals surface area (Å²) in [5.41, 5.74) is 6.27. The van der Waals surface area contributed by atoms with Crippen molar-refractivity contribution in [2.45, 2.75) is 58.9 Å². The van der Waals surface area contributed by atoms with Gasteiger partial charge < -0.3 is 11.1 Å². The van der Waals surface area contributed by atoms with Crippen molar-refractivity contribution >= 4 is 11.7 Å². The number of nitrogen functional groups attached to an aromatic ring is 1. The third kappa shape index (κ3) is 4.16. The van der Waals surface area contributed by atoms with Crippen LogP contribution in [0.1, 0.15) is 63.4 Å². The number of amides is 1. The largest absolute Gasteiger partial charge is 0.382 e. The van der Waals surface area contributed by atoms with Crippen LogP contribution in [0.5, 0.6) is 0 Å². The van der Waals surface area contributed by atoms with Gasteiger partial charge in [0, 0.05) is 18.4 Å². The molecule has 1 aliphatic carbocycles. The SMILES string of the molecule is CC(C)(C)[C@@H]1CCC[C@H](NC(=O)c2nccnc2N)CC1. The third-order valence-electron chi connectivity index (χ3n) is 4.47. The standard InChI is InChI=1S/C16H26N4O/c1-16(2,3)11-5-4-6-12(8-7-11)20-15(21)13-14(17)19-10-9-18-13/h9-12H,4-8H2,1-3H3,(H2,17,19)(H,20,21)/t11-,12+/m1/s1. The van der Waals surface area contributed by atoms with Crippen LogP contribution in [0, 0.1) is 11.3 Å². The van der Waals surface area contributed by atoms with Gasteiger partial charge in [-0.05, 0) is 37.0 Å². The highest BCUT2D eigenvalue weighted by Gasteiger charge is 2.28. The van der Waals surface area contributed by atoms with Crippen LogP contribution in [0.25, 0.3) is 0 Å². The number of nitrogens with two attached hydrogens (primary N) is 1. The summed E-state index contributed by atoms with van der Waals surface area (Å²) in [5, 5.41) is 3.07. The molecular formula is C16H26N4O. The fourth-order valence-corrected chi connectivity index (χ4v) is 3.09. The van der Waals surface area contributed by atoms with Gasteiger partial charge in [0.05, 0.1) is 0 Å². The second kappa shape index (κ2) is 6.41. The zero-order valence-corrected chi connectivity index (χ0v) is 13.2. The van der Waals surface area contributed by atoms with E-state index in [1.807, 2.05) is 0 Å². The van der Waals surface area contributed by atoms with Gasteiger partial charge in [-0.2, -0.15) is 0 Å². The molecule has 1 aromatic rings. The maximum atomic E-state index is 12.2. The molecule has 1 amide bonds. The summed E-state index contributed by atoms with van der Waals surface area (Å²) in [5.74, 6) is 0.706. The summed E-state index contributed by atoms with van der Waals surface area (Å²) in [6.45, 7) is 6.91. The van der Waals surface area contributed by atoms with E-state index in [1.54, 1.807) is 0 Å². The summed E-state index contributed by atoms with van der Waals surface area (Å²) in [7, 11) is 0. The van der Waals surface area contributed by atoms with Crippen molar-refractivity contribution in [3.8, 4) is 0 Å². The van der Waals surface area contributed by atoms with Crippen LogP contribution in [-0.4, -0.2) is 21.9 Å². The number of nitrogens with zero attached hydrogens (tertiary/aromatic N) is 2. The summed E-state index contributed by atoms with van der Waals surface area (Å²) in [6, 6.07) is 0.214. The molecule has 5 heteroatoms. The number of rotatable bonds is 2. The van der Waals surface area contributed by atoms with Gasteiger partial charge in [-0.15, -0.1) is 0 Å². The smallest absolute Gasteiger partial charge is 0.273 e. The summed E-state index contributed by atoms with van der Waals surface area (Å²) < 4.78 is 0. The number of hydrogen-bond acceptors (Lipinski definition) is 4. The molecule has 0 spiro atoms. The molecule has 1 fully saturated rings. The first-order chi connectivity index (χ1) is 9.88. The van der Waals surface area contributed by atoms with E-state index in [0.29, 0.717) is 5.41 Å². The van der Waals surface area contributed by atoms with Crippen LogP contribution in [0.4, 0.5) is 5.82 Å². The van der Waals surface area contributed by atoms with E-state index in [1.165, 1.54) is 18.8 Å². The van der Waals surface area contributed by atoms with Crippen molar-refractivity contribution in [1.82, 2.24) is 15.3 Å². The molecule has 3 N–H and O–H groups in total. The van der Waals surface area contributed by atoms with Crippen molar-refractivity contribution in [2.24, 2.45) is 11.3 Å². The first-order valence-corrected chi connectivity index (χ1v) is 7.75. The highest BCUT2D eigenvalue weighted by atomic mass is 16.2. The minimum atomic E-state index is -0.209. The number of anilines is 1. The molecular weight excluding hydrogens is 264 g/mol. The van der Waals surface area contributed by atoms with E-state index < -0.39 is 0 Å². The third-order valence-corrected chi connectivity index (χ3v) is 4.47. The summed E-state index contributed by atoms with van der Waals surface area (Å²) in [6.07, 6.45) is 8.59. The van der Waals surface area contributed by atoms with Crippen molar-refractivity contribution in [3.63, 3.8) is 0 Å². The Labute approximate surface area is 126 Å². The fraction of sp³-hybridized carbons (Fsp3) is 0.688. The zero-order chi connectivity index (χ0) is 15.5. The van der Waals surface area contributed by atoms with Gasteiger partial charge in [0.15, 0.2) is 11.5 Å². The maximum Gasteiger partial charge on any atom is 0.273 e. The lowest BCUT2D eigenvalue weighted by molar-refractivity contribution is 0.0928. The van der Waals surface area contributed by atoms with Crippen LogP contribution in [0.3, 0.4) is 0 Å². The Hall–Kier alpha value is -1.65.